The molecule has 0 saturated carbocycles. The van der Waals surface area contributed by atoms with Gasteiger partial charge in [-0.3, -0.25) is 4.57 Å². The van der Waals surface area contributed by atoms with E-state index in [4.69, 9.17) is 9.47 Å². The Morgan fingerprint density at radius 2 is 1.59 bits per heavy atom. The number of benzene rings is 1. The Hall–Kier alpha value is -3.73. The normalized spacial score (nSPS) is 13.4. The number of aromatic hydroxyl groups is 2. The molecule has 1 aliphatic heterocycles. The van der Waals surface area contributed by atoms with E-state index in [0.717, 1.165) is 44.1 Å². The molecule has 12 nitrogen and oxygen atoms in total. The van der Waals surface area contributed by atoms with Gasteiger partial charge in [-0.25, -0.2) is 9.36 Å². The quantitative estimate of drug-likeness (QED) is 0.334. The Bertz CT molecular complexity index is 1720. The van der Waals surface area contributed by atoms with Gasteiger partial charge in [0, 0.05) is 18.8 Å². The van der Waals surface area contributed by atoms with Crippen LogP contribution in [0, 0.1) is 0 Å². The summed E-state index contributed by atoms with van der Waals surface area (Å²) in [4.78, 5) is 12.2. The Kier molecular flexibility index (Phi) is 6.06. The number of nitrogens with zero attached hydrogens (tertiary/aromatic N) is 3. The molecule has 3 aromatic heterocycles. The first-order chi connectivity index (χ1) is 17.5. The lowest BCUT2D eigenvalue weighted by Gasteiger charge is -2.24. The van der Waals surface area contributed by atoms with E-state index < -0.39 is 49.8 Å². The van der Waals surface area contributed by atoms with Crippen LogP contribution in [0.15, 0.2) is 60.5 Å². The van der Waals surface area contributed by atoms with Crippen molar-refractivity contribution in [1.82, 2.24) is 9.13 Å². The van der Waals surface area contributed by atoms with Gasteiger partial charge in [-0.15, -0.1) is 22.7 Å². The maximum Gasteiger partial charge on any atom is 0.334 e. The number of aryl methyl sites for hydroxylation is 1. The van der Waals surface area contributed by atoms with E-state index in [1.165, 1.54) is 54.3 Å². The maximum atomic E-state index is 13.7. The van der Waals surface area contributed by atoms with E-state index in [-0.39, 0.29) is 29.2 Å². The molecular weight excluding hydrogens is 567 g/mol. The zero-order chi connectivity index (χ0) is 26.5. The molecule has 2 N–H and O–H groups in total. The third-order valence-electron chi connectivity index (χ3n) is 5.22. The average Bonchev–Trinajstić information content (AvgIpc) is 3.65. The van der Waals surface area contributed by atoms with E-state index in [9.17, 15) is 31.8 Å². The first-order valence-corrected chi connectivity index (χ1v) is 14.9. The number of ether oxygens (including phenoxy) is 2. The van der Waals surface area contributed by atoms with Crippen molar-refractivity contribution in [1.29, 1.82) is 0 Å². The van der Waals surface area contributed by atoms with Crippen molar-refractivity contribution < 1.29 is 36.5 Å². The monoisotopic (exact) mass is 583 g/mol. The molecule has 5 rings (SSSR count). The van der Waals surface area contributed by atoms with Crippen molar-refractivity contribution in [2.75, 3.05) is 10.5 Å². The summed E-state index contributed by atoms with van der Waals surface area (Å²) in [5.74, 6) is -1.46. The van der Waals surface area contributed by atoms with Crippen molar-refractivity contribution >= 4 is 60.7 Å². The lowest BCUT2D eigenvalue weighted by molar-refractivity contribution is 0.171. The Morgan fingerprint density at radius 1 is 1.00 bits per heavy atom. The number of sulfonamides is 2. The summed E-state index contributed by atoms with van der Waals surface area (Å²) >= 11 is 1.65. The standard InChI is InChI=1S/C21H17N3O9S4/c1-22-11-15(25)23(21(22)27)7-6-13-10-14(19-20(18(13)26)33-12-32-19)24(36(28,29)16-4-2-8-34-16)37(30,31)17-5-3-9-35-17/h2-11,25-26H,12H2,1H3. The van der Waals surface area contributed by atoms with Crippen molar-refractivity contribution in [3.63, 3.8) is 0 Å². The molecule has 194 valence electrons. The molecule has 1 aromatic carbocycles. The smallest absolute Gasteiger partial charge is 0.334 e. The van der Waals surface area contributed by atoms with Crippen LogP contribution in [0.3, 0.4) is 0 Å². The fourth-order valence-electron chi connectivity index (χ4n) is 3.55. The van der Waals surface area contributed by atoms with E-state index in [1.807, 2.05) is 0 Å². The van der Waals surface area contributed by atoms with Gasteiger partial charge in [-0.2, -0.15) is 20.5 Å². The number of thiophene rings is 2. The number of phenolic OH excluding ortho intramolecular Hbond substituents is 1. The fraction of sp³-hybridized carbons (Fsp3) is 0.0952. The van der Waals surface area contributed by atoms with Crippen LogP contribution in [0.25, 0.3) is 12.3 Å². The minimum atomic E-state index is -4.69. The van der Waals surface area contributed by atoms with Crippen LogP contribution >= 0.6 is 22.7 Å². The van der Waals surface area contributed by atoms with E-state index >= 15 is 0 Å². The van der Waals surface area contributed by atoms with Crippen molar-refractivity contribution in [2.24, 2.45) is 7.05 Å². The zero-order valence-electron chi connectivity index (χ0n) is 18.7. The summed E-state index contributed by atoms with van der Waals surface area (Å²) in [6, 6.07) is 6.54. The number of fused-ring (bicyclic) bond motifs is 1. The van der Waals surface area contributed by atoms with Crippen LogP contribution in [-0.2, 0) is 27.1 Å². The van der Waals surface area contributed by atoms with Crippen LogP contribution in [-0.4, -0.2) is 43.0 Å². The second-order valence-corrected chi connectivity index (χ2v) is 13.7. The van der Waals surface area contributed by atoms with Gasteiger partial charge in [0.05, 0.1) is 6.20 Å². The zero-order valence-corrected chi connectivity index (χ0v) is 22.0. The van der Waals surface area contributed by atoms with Gasteiger partial charge >= 0.3 is 5.69 Å². The third kappa shape index (κ3) is 4.07. The first-order valence-electron chi connectivity index (χ1n) is 10.2. The molecule has 1 aliphatic rings. The Labute approximate surface area is 218 Å². The van der Waals surface area contributed by atoms with Gasteiger partial charge in [0.15, 0.2) is 11.5 Å². The lowest BCUT2D eigenvalue weighted by Crippen LogP contribution is -2.36. The van der Waals surface area contributed by atoms with Crippen LogP contribution in [0.4, 0.5) is 5.69 Å². The molecule has 0 radical (unpaired) electrons. The molecule has 0 saturated heterocycles. The number of aromatic nitrogens is 2. The highest BCUT2D eigenvalue weighted by molar-refractivity contribution is 8.11. The molecule has 0 atom stereocenters. The Balaban J connectivity index is 1.76. The topological polar surface area (TPSA) is 157 Å². The van der Waals surface area contributed by atoms with Crippen molar-refractivity contribution in [3.05, 3.63) is 63.3 Å². The van der Waals surface area contributed by atoms with Crippen LogP contribution < -0.4 is 18.9 Å². The first kappa shape index (κ1) is 24.9. The number of rotatable bonds is 7. The van der Waals surface area contributed by atoms with Crippen LogP contribution in [0.5, 0.6) is 23.1 Å². The number of hydrogen-bond acceptors (Lipinski definition) is 11. The van der Waals surface area contributed by atoms with Crippen LogP contribution in [0.1, 0.15) is 5.56 Å². The highest BCUT2D eigenvalue weighted by atomic mass is 32.3. The average molecular weight is 584 g/mol. The van der Waals surface area contributed by atoms with E-state index in [2.05, 4.69) is 0 Å². The minimum absolute atomic E-state index is 0.109. The predicted octanol–water partition coefficient (Wildman–Crippen LogP) is 2.66. The van der Waals surface area contributed by atoms with Gasteiger partial charge in [0.25, 0.3) is 20.0 Å². The molecule has 4 heterocycles. The highest BCUT2D eigenvalue weighted by Gasteiger charge is 2.42. The maximum absolute atomic E-state index is 13.7. The highest BCUT2D eigenvalue weighted by Crippen LogP contribution is 2.52. The summed E-state index contributed by atoms with van der Waals surface area (Å²) in [6.07, 6.45) is 3.49. The number of imidazole rings is 1. The second-order valence-electron chi connectivity index (χ2n) is 7.54. The van der Waals surface area contributed by atoms with Gasteiger partial charge in [-0.05, 0) is 35.0 Å². The summed E-state index contributed by atoms with van der Waals surface area (Å²) in [7, 11) is -7.96. The SMILES string of the molecule is Cn1cc(O)n(C=Cc2cc(N(S(=O)(=O)c3cccs3)S(=O)(=O)c3cccs3)c3c(c2O)OCO3)c1=O. The third-order valence-corrected chi connectivity index (χ3v) is 12.1. The molecule has 0 spiro atoms. The molecule has 4 aromatic rings. The van der Waals surface area contributed by atoms with Crippen molar-refractivity contribution in [2.45, 2.75) is 8.42 Å². The van der Waals surface area contributed by atoms with Crippen LogP contribution in [0.2, 0.25) is 0 Å². The molecule has 0 amide bonds. The van der Waals surface area contributed by atoms with Gasteiger partial charge in [-0.1, -0.05) is 12.1 Å². The van der Waals surface area contributed by atoms with E-state index in [0.29, 0.717) is 0 Å². The van der Waals surface area contributed by atoms with Gasteiger partial charge < -0.3 is 19.7 Å². The number of anilines is 1. The lowest BCUT2D eigenvalue weighted by atomic mass is 10.1. The molecule has 37 heavy (non-hydrogen) atoms. The number of phenols is 1. The second kappa shape index (κ2) is 8.98. The minimum Gasteiger partial charge on any atom is -0.504 e. The molecule has 0 fully saturated rings. The summed E-state index contributed by atoms with van der Waals surface area (Å²) < 4.78 is 67.3. The molecule has 16 heteroatoms. The van der Waals surface area contributed by atoms with Crippen molar-refractivity contribution in [3.8, 4) is 23.1 Å². The Morgan fingerprint density at radius 3 is 2.11 bits per heavy atom. The summed E-state index contributed by atoms with van der Waals surface area (Å²) in [5.41, 5.74) is -1.14. The number of hydrogen-bond donors (Lipinski definition) is 2. The molecule has 0 unspecified atom stereocenters. The summed E-state index contributed by atoms with van der Waals surface area (Å²) in [5, 5.41) is 23.8. The van der Waals surface area contributed by atoms with Gasteiger partial charge in [0.2, 0.25) is 18.4 Å². The predicted molar refractivity (Wildman–Crippen MR) is 136 cm³/mol. The largest absolute Gasteiger partial charge is 0.504 e. The van der Waals surface area contributed by atoms with Gasteiger partial charge in [0.1, 0.15) is 14.1 Å². The summed E-state index contributed by atoms with van der Waals surface area (Å²) in [6.45, 7) is -0.409. The molecular formula is C21H17N3O9S4. The molecule has 0 aliphatic carbocycles. The molecule has 0 bridgehead atoms. The van der Waals surface area contributed by atoms with E-state index in [1.54, 1.807) is 0 Å². The fourth-order valence-corrected chi connectivity index (χ4v) is 9.61.